The van der Waals surface area contributed by atoms with Crippen molar-refractivity contribution in [3.8, 4) is 11.1 Å². The number of nitrogens with zero attached hydrogens (tertiary/aromatic N) is 2. The Labute approximate surface area is 187 Å². The summed E-state index contributed by atoms with van der Waals surface area (Å²) in [6, 6.07) is 14.0. The number of aromatic nitrogens is 1. The number of carboxylic acid groups (broad SMARTS) is 1. The second-order valence-corrected chi connectivity index (χ2v) is 8.45. The number of halogens is 1. The Morgan fingerprint density at radius 3 is 2.52 bits per heavy atom. The number of benzene rings is 2. The molecule has 164 valence electrons. The second-order valence-electron chi connectivity index (χ2n) is 8.08. The molecule has 0 aliphatic rings. The molecule has 0 bridgehead atoms. The molecule has 1 heterocycles. The first-order valence-electron chi connectivity index (χ1n) is 10.7. The van der Waals surface area contributed by atoms with Crippen LogP contribution in [0.1, 0.15) is 49.2 Å². The van der Waals surface area contributed by atoms with Crippen LogP contribution in [0, 0.1) is 0 Å². The van der Waals surface area contributed by atoms with Gasteiger partial charge in [-0.25, -0.2) is 4.79 Å². The first kappa shape index (κ1) is 23.0. The first-order valence-corrected chi connectivity index (χ1v) is 11.2. The van der Waals surface area contributed by atoms with Crippen molar-refractivity contribution < 1.29 is 9.90 Å². The van der Waals surface area contributed by atoms with Gasteiger partial charge in [-0.3, -0.25) is 9.69 Å². The minimum Gasteiger partial charge on any atom is -0.477 e. The lowest BCUT2D eigenvalue weighted by molar-refractivity contribution is 0.0694. The second kappa shape index (κ2) is 10.1. The predicted octanol–water partition coefficient (Wildman–Crippen LogP) is 5.40. The molecule has 0 saturated heterocycles. The summed E-state index contributed by atoms with van der Waals surface area (Å²) >= 11 is 5.95. The molecule has 2 aromatic carbocycles. The molecule has 0 aliphatic carbocycles. The maximum atomic E-state index is 12.9. The molecule has 1 aromatic heterocycles. The first-order chi connectivity index (χ1) is 14.8. The third-order valence-corrected chi connectivity index (χ3v) is 5.60. The standard InChI is InChI=1S/C25H29ClN2O3/c1-4-11-27(12-10-26)15-18-6-5-7-19(13-18)20-8-9-23-21(14-20)24(29)22(25(30)31)16-28(23)17(2)3/h5-9,13-14,16-17H,4,10-12,15H2,1-3H3,(H,30,31). The van der Waals surface area contributed by atoms with Crippen molar-refractivity contribution in [2.45, 2.75) is 39.8 Å². The van der Waals surface area contributed by atoms with E-state index in [1.54, 1.807) is 0 Å². The fourth-order valence-electron chi connectivity index (χ4n) is 3.93. The van der Waals surface area contributed by atoms with Gasteiger partial charge in [-0.1, -0.05) is 31.2 Å². The Bertz CT molecular complexity index is 1130. The minimum atomic E-state index is -1.20. The molecule has 1 N–H and O–H groups in total. The van der Waals surface area contributed by atoms with Crippen LogP contribution in [0.2, 0.25) is 0 Å². The molecule has 0 unspecified atom stereocenters. The van der Waals surface area contributed by atoms with Gasteiger partial charge in [-0.2, -0.15) is 0 Å². The average Bonchev–Trinajstić information content (AvgIpc) is 2.74. The highest BCUT2D eigenvalue weighted by Crippen LogP contribution is 2.26. The summed E-state index contributed by atoms with van der Waals surface area (Å²) in [5.41, 5.74) is 3.15. The van der Waals surface area contributed by atoms with Crippen LogP contribution < -0.4 is 5.43 Å². The number of carbonyl (C=O) groups is 1. The smallest absolute Gasteiger partial charge is 0.341 e. The van der Waals surface area contributed by atoms with E-state index in [1.165, 1.54) is 11.8 Å². The van der Waals surface area contributed by atoms with Crippen LogP contribution >= 0.6 is 11.6 Å². The van der Waals surface area contributed by atoms with Crippen molar-refractivity contribution in [3.63, 3.8) is 0 Å². The van der Waals surface area contributed by atoms with Crippen LogP contribution in [-0.2, 0) is 6.54 Å². The third-order valence-electron chi connectivity index (χ3n) is 5.43. The Kier molecular flexibility index (Phi) is 7.52. The van der Waals surface area contributed by atoms with E-state index in [4.69, 9.17) is 11.6 Å². The lowest BCUT2D eigenvalue weighted by Crippen LogP contribution is -2.26. The number of hydrogen-bond acceptors (Lipinski definition) is 3. The summed E-state index contributed by atoms with van der Waals surface area (Å²) in [5, 5.41) is 9.92. The van der Waals surface area contributed by atoms with E-state index in [0.717, 1.165) is 42.7 Å². The highest BCUT2D eigenvalue weighted by molar-refractivity contribution is 6.18. The zero-order chi connectivity index (χ0) is 22.5. The van der Waals surface area contributed by atoms with E-state index in [0.29, 0.717) is 11.3 Å². The van der Waals surface area contributed by atoms with E-state index in [-0.39, 0.29) is 11.6 Å². The number of rotatable bonds is 9. The van der Waals surface area contributed by atoms with Gasteiger partial charge in [0.2, 0.25) is 5.43 Å². The van der Waals surface area contributed by atoms with Crippen LogP contribution in [0.5, 0.6) is 0 Å². The average molecular weight is 441 g/mol. The SMILES string of the molecule is CCCN(CCCl)Cc1cccc(-c2ccc3c(c2)c(=O)c(C(=O)O)cn3C(C)C)c1. The van der Waals surface area contributed by atoms with Gasteiger partial charge < -0.3 is 9.67 Å². The van der Waals surface area contributed by atoms with Gasteiger partial charge in [0.15, 0.2) is 0 Å². The molecule has 0 fully saturated rings. The van der Waals surface area contributed by atoms with Crippen LogP contribution in [0.25, 0.3) is 22.0 Å². The molecule has 31 heavy (non-hydrogen) atoms. The topological polar surface area (TPSA) is 62.5 Å². The maximum absolute atomic E-state index is 12.9. The summed E-state index contributed by atoms with van der Waals surface area (Å²) in [5.74, 6) is -0.609. The number of carboxylic acids is 1. The molecule has 3 aromatic rings. The van der Waals surface area contributed by atoms with E-state index >= 15 is 0 Å². The van der Waals surface area contributed by atoms with Gasteiger partial charge in [0.25, 0.3) is 0 Å². The number of alkyl halides is 1. The number of pyridine rings is 1. The Hall–Kier alpha value is -2.63. The molecule has 0 atom stereocenters. The molecule has 0 spiro atoms. The van der Waals surface area contributed by atoms with E-state index in [2.05, 4.69) is 24.0 Å². The van der Waals surface area contributed by atoms with Crippen LogP contribution in [0.4, 0.5) is 0 Å². The molecule has 5 nitrogen and oxygen atoms in total. The molecule has 0 saturated carbocycles. The summed E-state index contributed by atoms with van der Waals surface area (Å²) in [6.07, 6.45) is 2.51. The lowest BCUT2D eigenvalue weighted by Gasteiger charge is -2.21. The molecule has 0 radical (unpaired) electrons. The van der Waals surface area contributed by atoms with Gasteiger partial charge in [0.05, 0.1) is 5.52 Å². The number of aromatic carboxylic acids is 1. The quantitative estimate of drug-likeness (QED) is 0.452. The molecule has 0 aliphatic heterocycles. The van der Waals surface area contributed by atoms with Gasteiger partial charge in [0, 0.05) is 36.6 Å². The largest absolute Gasteiger partial charge is 0.477 e. The molecule has 0 amide bonds. The summed E-state index contributed by atoms with van der Waals surface area (Å²) in [6.45, 7) is 8.72. The van der Waals surface area contributed by atoms with Crippen molar-refractivity contribution in [2.24, 2.45) is 0 Å². The zero-order valence-corrected chi connectivity index (χ0v) is 19.0. The molecular weight excluding hydrogens is 412 g/mol. The highest BCUT2D eigenvalue weighted by Gasteiger charge is 2.16. The van der Waals surface area contributed by atoms with Crippen LogP contribution in [0.3, 0.4) is 0 Å². The Morgan fingerprint density at radius 2 is 1.87 bits per heavy atom. The fourth-order valence-corrected chi connectivity index (χ4v) is 4.17. The van der Waals surface area contributed by atoms with Gasteiger partial charge in [0.1, 0.15) is 5.56 Å². The predicted molar refractivity (Wildman–Crippen MR) is 127 cm³/mol. The molecular formula is C25H29ClN2O3. The van der Waals surface area contributed by atoms with Crippen molar-refractivity contribution in [1.29, 1.82) is 0 Å². The maximum Gasteiger partial charge on any atom is 0.341 e. The van der Waals surface area contributed by atoms with E-state index in [1.807, 2.05) is 48.7 Å². The van der Waals surface area contributed by atoms with Gasteiger partial charge in [-0.05, 0) is 61.7 Å². The van der Waals surface area contributed by atoms with Crippen LogP contribution in [-0.4, -0.2) is 39.5 Å². The van der Waals surface area contributed by atoms with E-state index < -0.39 is 11.4 Å². The minimum absolute atomic E-state index is 0.0295. The Morgan fingerprint density at radius 1 is 1.13 bits per heavy atom. The molecule has 6 heteroatoms. The molecule has 3 rings (SSSR count). The van der Waals surface area contributed by atoms with Crippen molar-refractivity contribution in [3.05, 3.63) is 70.0 Å². The van der Waals surface area contributed by atoms with Gasteiger partial charge in [-0.15, -0.1) is 11.6 Å². The van der Waals surface area contributed by atoms with Gasteiger partial charge >= 0.3 is 5.97 Å². The Balaban J connectivity index is 2.07. The van der Waals surface area contributed by atoms with Crippen molar-refractivity contribution in [1.82, 2.24) is 9.47 Å². The highest BCUT2D eigenvalue weighted by atomic mass is 35.5. The summed E-state index contributed by atoms with van der Waals surface area (Å²) < 4.78 is 1.84. The fraction of sp³-hybridized carbons (Fsp3) is 0.360. The third kappa shape index (κ3) is 5.17. The lowest BCUT2D eigenvalue weighted by atomic mass is 10.00. The van der Waals surface area contributed by atoms with Crippen LogP contribution in [0.15, 0.2) is 53.5 Å². The zero-order valence-electron chi connectivity index (χ0n) is 18.3. The number of hydrogen-bond donors (Lipinski definition) is 1. The monoisotopic (exact) mass is 440 g/mol. The van der Waals surface area contributed by atoms with E-state index in [9.17, 15) is 14.7 Å². The van der Waals surface area contributed by atoms with Crippen molar-refractivity contribution in [2.75, 3.05) is 19.0 Å². The normalized spacial score (nSPS) is 11.5. The summed E-state index contributed by atoms with van der Waals surface area (Å²) in [4.78, 5) is 26.8. The number of fused-ring (bicyclic) bond motifs is 1. The van der Waals surface area contributed by atoms with Crippen molar-refractivity contribution >= 4 is 28.5 Å². The summed E-state index contributed by atoms with van der Waals surface area (Å²) in [7, 11) is 0.